The second-order valence-electron chi connectivity index (χ2n) is 8.09. The normalized spacial score (nSPS) is 45.6. The van der Waals surface area contributed by atoms with Crippen LogP contribution >= 0.6 is 0 Å². The molecule has 0 aromatic rings. The van der Waals surface area contributed by atoms with Gasteiger partial charge in [-0.05, 0) is 88.0 Å². The van der Waals surface area contributed by atoms with E-state index in [-0.39, 0.29) is 0 Å². The molecule has 2 heteroatoms. The van der Waals surface area contributed by atoms with Gasteiger partial charge in [0.15, 0.2) is 0 Å². The second-order valence-corrected chi connectivity index (χ2v) is 8.09. The van der Waals surface area contributed by atoms with Crippen LogP contribution < -0.4 is 10.6 Å². The average Bonchev–Trinajstić information content (AvgIpc) is 3.18. The van der Waals surface area contributed by atoms with Crippen molar-refractivity contribution in [2.45, 2.75) is 64.0 Å². The summed E-state index contributed by atoms with van der Waals surface area (Å²) in [7, 11) is 0. The third-order valence-corrected chi connectivity index (χ3v) is 6.41. The average molecular weight is 262 g/mol. The number of hydrogen-bond donors (Lipinski definition) is 2. The molecule has 0 spiro atoms. The van der Waals surface area contributed by atoms with Crippen LogP contribution in [-0.4, -0.2) is 25.2 Å². The summed E-state index contributed by atoms with van der Waals surface area (Å²) in [6.45, 7) is 4.81. The van der Waals surface area contributed by atoms with Crippen molar-refractivity contribution >= 4 is 0 Å². The zero-order valence-electron chi connectivity index (χ0n) is 12.4. The molecule has 19 heavy (non-hydrogen) atoms. The lowest BCUT2D eigenvalue weighted by Gasteiger charge is -2.54. The zero-order chi connectivity index (χ0) is 12.8. The van der Waals surface area contributed by atoms with Crippen LogP contribution in [0.3, 0.4) is 0 Å². The zero-order valence-corrected chi connectivity index (χ0v) is 12.4. The van der Waals surface area contributed by atoms with Crippen LogP contribution in [0.15, 0.2) is 0 Å². The number of nitrogens with one attached hydrogen (secondary N) is 2. The summed E-state index contributed by atoms with van der Waals surface area (Å²) in [5.41, 5.74) is 0. The topological polar surface area (TPSA) is 24.1 Å². The first-order valence-corrected chi connectivity index (χ1v) is 8.74. The molecule has 0 heterocycles. The van der Waals surface area contributed by atoms with Gasteiger partial charge in [0.1, 0.15) is 0 Å². The fraction of sp³-hybridized carbons (Fsp3) is 1.00. The van der Waals surface area contributed by atoms with Gasteiger partial charge in [-0.2, -0.15) is 0 Å². The van der Waals surface area contributed by atoms with Crippen molar-refractivity contribution in [2.24, 2.45) is 29.6 Å². The largest absolute Gasteiger partial charge is 0.313 e. The molecule has 1 atom stereocenters. The van der Waals surface area contributed by atoms with Crippen molar-refractivity contribution in [1.82, 2.24) is 10.6 Å². The van der Waals surface area contributed by atoms with Gasteiger partial charge >= 0.3 is 0 Å². The van der Waals surface area contributed by atoms with Gasteiger partial charge in [0.05, 0.1) is 0 Å². The van der Waals surface area contributed by atoms with Gasteiger partial charge in [-0.3, -0.25) is 0 Å². The van der Waals surface area contributed by atoms with Crippen molar-refractivity contribution in [2.75, 3.05) is 13.1 Å². The van der Waals surface area contributed by atoms with Crippen LogP contribution in [0.1, 0.15) is 51.9 Å². The van der Waals surface area contributed by atoms with E-state index in [0.717, 1.165) is 42.2 Å². The molecule has 5 saturated carbocycles. The van der Waals surface area contributed by atoms with Crippen molar-refractivity contribution in [3.05, 3.63) is 0 Å². The van der Waals surface area contributed by atoms with E-state index < -0.39 is 0 Å². The van der Waals surface area contributed by atoms with E-state index in [0.29, 0.717) is 6.04 Å². The number of rotatable bonds is 6. The highest BCUT2D eigenvalue weighted by molar-refractivity contribution is 4.98. The first-order valence-electron chi connectivity index (χ1n) is 8.74. The van der Waals surface area contributed by atoms with Gasteiger partial charge in [-0.25, -0.2) is 0 Å². The molecule has 0 aromatic carbocycles. The van der Waals surface area contributed by atoms with Crippen molar-refractivity contribution in [3.8, 4) is 0 Å². The molecular formula is C17H30N2. The lowest BCUT2D eigenvalue weighted by Crippen LogP contribution is -2.50. The van der Waals surface area contributed by atoms with E-state index in [1.807, 2.05) is 0 Å². The third-order valence-electron chi connectivity index (χ3n) is 6.41. The molecule has 0 amide bonds. The van der Waals surface area contributed by atoms with Crippen molar-refractivity contribution in [1.29, 1.82) is 0 Å². The Kier molecular flexibility index (Phi) is 3.35. The van der Waals surface area contributed by atoms with Crippen LogP contribution in [0.5, 0.6) is 0 Å². The smallest absolute Gasteiger partial charge is 0.0164 e. The predicted octanol–water partition coefficient (Wildman–Crippen LogP) is 2.79. The van der Waals surface area contributed by atoms with Crippen LogP contribution in [0.4, 0.5) is 0 Å². The molecule has 108 valence electrons. The number of hydrogen-bond acceptors (Lipinski definition) is 2. The molecule has 5 aliphatic carbocycles. The second kappa shape index (κ2) is 5.04. The minimum Gasteiger partial charge on any atom is -0.313 e. The Bertz CT molecular complexity index is 295. The van der Waals surface area contributed by atoms with Crippen LogP contribution in [0.2, 0.25) is 0 Å². The van der Waals surface area contributed by atoms with E-state index in [2.05, 4.69) is 17.6 Å². The molecule has 0 radical (unpaired) electrons. The highest BCUT2D eigenvalue weighted by Gasteiger charge is 2.47. The van der Waals surface area contributed by atoms with Gasteiger partial charge < -0.3 is 10.6 Å². The molecule has 0 aliphatic heterocycles. The fourth-order valence-electron chi connectivity index (χ4n) is 5.41. The minimum absolute atomic E-state index is 0.651. The maximum atomic E-state index is 3.83. The molecule has 0 saturated heterocycles. The van der Waals surface area contributed by atoms with Crippen molar-refractivity contribution < 1.29 is 0 Å². The van der Waals surface area contributed by atoms with E-state index >= 15 is 0 Å². The van der Waals surface area contributed by atoms with Gasteiger partial charge in [-0.15, -0.1) is 0 Å². The summed E-state index contributed by atoms with van der Waals surface area (Å²) >= 11 is 0. The molecule has 2 nitrogen and oxygen atoms in total. The maximum absolute atomic E-state index is 3.83. The van der Waals surface area contributed by atoms with E-state index in [1.165, 1.54) is 19.4 Å². The summed E-state index contributed by atoms with van der Waals surface area (Å²) in [4.78, 5) is 0. The molecular weight excluding hydrogens is 232 g/mol. The first-order chi connectivity index (χ1) is 9.28. The third kappa shape index (κ3) is 2.71. The Labute approximate surface area is 118 Å². The standard InChI is InChI=1S/C17H30N2/c1-11(9-19-16-2-3-16)18-10-17-14-5-12-4-13(7-14)8-15(17)6-12/h11-19H,2-10H2,1H3. The molecule has 5 aliphatic rings. The van der Waals surface area contributed by atoms with Gasteiger partial charge in [0.2, 0.25) is 0 Å². The molecule has 0 aromatic heterocycles. The van der Waals surface area contributed by atoms with E-state index in [9.17, 15) is 0 Å². The summed E-state index contributed by atoms with van der Waals surface area (Å²) in [6.07, 6.45) is 10.6. The molecule has 5 fully saturated rings. The highest BCUT2D eigenvalue weighted by Crippen LogP contribution is 2.56. The lowest BCUT2D eigenvalue weighted by atomic mass is 9.52. The summed E-state index contributed by atoms with van der Waals surface area (Å²) < 4.78 is 0. The van der Waals surface area contributed by atoms with Crippen LogP contribution in [0.25, 0.3) is 0 Å². The Morgan fingerprint density at radius 1 is 0.947 bits per heavy atom. The molecule has 4 bridgehead atoms. The first kappa shape index (κ1) is 12.6. The Morgan fingerprint density at radius 3 is 2.16 bits per heavy atom. The monoisotopic (exact) mass is 262 g/mol. The van der Waals surface area contributed by atoms with Crippen molar-refractivity contribution in [3.63, 3.8) is 0 Å². The minimum atomic E-state index is 0.651. The lowest BCUT2D eigenvalue weighted by molar-refractivity contribution is -0.0361. The van der Waals surface area contributed by atoms with Crippen LogP contribution in [-0.2, 0) is 0 Å². The Morgan fingerprint density at radius 2 is 1.58 bits per heavy atom. The van der Waals surface area contributed by atoms with Gasteiger partial charge in [0.25, 0.3) is 0 Å². The fourth-order valence-corrected chi connectivity index (χ4v) is 5.41. The SMILES string of the molecule is CC(CNC1CC1)NCC1C2CC3CC(C2)CC1C3. The highest BCUT2D eigenvalue weighted by atomic mass is 15.0. The van der Waals surface area contributed by atoms with E-state index in [4.69, 9.17) is 0 Å². The Hall–Kier alpha value is -0.0800. The summed E-state index contributed by atoms with van der Waals surface area (Å²) in [6, 6.07) is 1.50. The molecule has 5 rings (SSSR count). The quantitative estimate of drug-likeness (QED) is 0.769. The van der Waals surface area contributed by atoms with Gasteiger partial charge in [-0.1, -0.05) is 0 Å². The summed E-state index contributed by atoms with van der Waals surface area (Å²) in [5.74, 6) is 5.40. The van der Waals surface area contributed by atoms with E-state index in [1.54, 1.807) is 32.1 Å². The predicted molar refractivity (Wildman–Crippen MR) is 79.0 cm³/mol. The molecule has 2 N–H and O–H groups in total. The van der Waals surface area contributed by atoms with Gasteiger partial charge in [0, 0.05) is 18.6 Å². The summed E-state index contributed by atoms with van der Waals surface area (Å²) in [5, 5.41) is 7.48. The van der Waals surface area contributed by atoms with Crippen LogP contribution in [0, 0.1) is 29.6 Å². The molecule has 1 unspecified atom stereocenters. The maximum Gasteiger partial charge on any atom is 0.0164 e. The Balaban J connectivity index is 1.26.